The van der Waals surface area contributed by atoms with E-state index in [4.69, 9.17) is 0 Å². The Hall–Kier alpha value is -3.20. The van der Waals surface area contributed by atoms with Crippen molar-refractivity contribution in [2.24, 2.45) is 5.92 Å². The van der Waals surface area contributed by atoms with E-state index in [2.05, 4.69) is 15.0 Å². The molecule has 1 amide bonds. The lowest BCUT2D eigenvalue weighted by Crippen LogP contribution is -2.53. The van der Waals surface area contributed by atoms with E-state index in [0.29, 0.717) is 18.2 Å². The predicted octanol–water partition coefficient (Wildman–Crippen LogP) is 3.73. The summed E-state index contributed by atoms with van der Waals surface area (Å²) in [6, 6.07) is 18.6. The maximum atomic E-state index is 13.4. The third-order valence-electron chi connectivity index (χ3n) is 6.52. The number of nitrogens with one attached hydrogen (secondary N) is 3. The highest BCUT2D eigenvalue weighted by Gasteiger charge is 2.31. The number of aromatic nitrogens is 1. The van der Waals surface area contributed by atoms with Crippen molar-refractivity contribution >= 4 is 37.6 Å². The number of fused-ring (bicyclic) bond motifs is 2. The number of H-pyrrole nitrogens is 1. The number of aromatic amines is 1. The molecule has 0 aliphatic heterocycles. The van der Waals surface area contributed by atoms with Gasteiger partial charge in [0.1, 0.15) is 6.04 Å². The molecule has 3 aromatic carbocycles. The first kappa shape index (κ1) is 24.9. The highest BCUT2D eigenvalue weighted by molar-refractivity contribution is 7.89. The Kier molecular flexibility index (Phi) is 7.54. The number of carbonyl (C=O) groups excluding carboxylic acids is 1. The summed E-state index contributed by atoms with van der Waals surface area (Å²) in [5.74, 6) is -0.714. The molecule has 0 aliphatic rings. The van der Waals surface area contributed by atoms with Crippen LogP contribution < -0.4 is 10.0 Å². The third-order valence-corrected chi connectivity index (χ3v) is 8.02. The molecular weight excluding hydrogens is 462 g/mol. The molecule has 4 rings (SSSR count). The molecule has 0 unspecified atom stereocenters. The summed E-state index contributed by atoms with van der Waals surface area (Å²) in [6.07, 6.45) is 2.88. The molecule has 4 N–H and O–H groups in total. The number of carbonyl (C=O) groups is 1. The second kappa shape index (κ2) is 10.6. The van der Waals surface area contributed by atoms with E-state index >= 15 is 0 Å². The molecule has 35 heavy (non-hydrogen) atoms. The van der Waals surface area contributed by atoms with Crippen LogP contribution in [0.4, 0.5) is 0 Å². The van der Waals surface area contributed by atoms with Gasteiger partial charge in [-0.3, -0.25) is 4.79 Å². The summed E-state index contributed by atoms with van der Waals surface area (Å²) in [4.78, 5) is 16.7. The van der Waals surface area contributed by atoms with Crippen molar-refractivity contribution in [2.45, 2.75) is 43.7 Å². The Morgan fingerprint density at radius 2 is 1.69 bits per heavy atom. The molecule has 4 aromatic rings. The van der Waals surface area contributed by atoms with Gasteiger partial charge in [-0.1, -0.05) is 74.9 Å². The van der Waals surface area contributed by atoms with Gasteiger partial charge in [-0.15, -0.1) is 0 Å². The summed E-state index contributed by atoms with van der Waals surface area (Å²) in [5, 5.41) is 15.3. The average Bonchev–Trinajstić information content (AvgIpc) is 3.28. The van der Waals surface area contributed by atoms with Crippen LogP contribution in [0.5, 0.6) is 0 Å². The van der Waals surface area contributed by atoms with Crippen LogP contribution in [0.25, 0.3) is 21.7 Å². The van der Waals surface area contributed by atoms with Crippen LogP contribution in [0.3, 0.4) is 0 Å². The number of sulfonamides is 1. The number of benzene rings is 3. The van der Waals surface area contributed by atoms with Gasteiger partial charge in [0.2, 0.25) is 15.9 Å². The first-order chi connectivity index (χ1) is 16.8. The highest BCUT2D eigenvalue weighted by atomic mass is 32.2. The Morgan fingerprint density at radius 3 is 2.43 bits per heavy atom. The summed E-state index contributed by atoms with van der Waals surface area (Å²) in [7, 11) is -3.99. The van der Waals surface area contributed by atoms with Gasteiger partial charge >= 0.3 is 0 Å². The maximum Gasteiger partial charge on any atom is 0.241 e. The van der Waals surface area contributed by atoms with Crippen LogP contribution in [0.2, 0.25) is 0 Å². The minimum atomic E-state index is -3.99. The first-order valence-electron chi connectivity index (χ1n) is 11.8. The van der Waals surface area contributed by atoms with Gasteiger partial charge in [0.25, 0.3) is 0 Å². The Bertz CT molecular complexity index is 1430. The van der Waals surface area contributed by atoms with Crippen molar-refractivity contribution in [3.63, 3.8) is 0 Å². The van der Waals surface area contributed by atoms with Crippen molar-refractivity contribution in [1.29, 1.82) is 0 Å². The van der Waals surface area contributed by atoms with Gasteiger partial charge < -0.3 is 15.4 Å². The quantitative estimate of drug-likeness (QED) is 0.270. The second-order valence-electron chi connectivity index (χ2n) is 8.91. The van der Waals surface area contributed by atoms with Crippen molar-refractivity contribution < 1.29 is 18.3 Å². The van der Waals surface area contributed by atoms with Crippen LogP contribution in [0.1, 0.15) is 25.8 Å². The van der Waals surface area contributed by atoms with Crippen molar-refractivity contribution in [3.8, 4) is 0 Å². The van der Waals surface area contributed by atoms with Gasteiger partial charge in [-0.25, -0.2) is 8.42 Å². The van der Waals surface area contributed by atoms with Crippen molar-refractivity contribution in [2.75, 3.05) is 6.61 Å². The summed E-state index contributed by atoms with van der Waals surface area (Å²) in [5.41, 5.74) is 1.95. The highest BCUT2D eigenvalue weighted by Crippen LogP contribution is 2.24. The van der Waals surface area contributed by atoms with Crippen LogP contribution >= 0.6 is 0 Å². The third kappa shape index (κ3) is 5.40. The summed E-state index contributed by atoms with van der Waals surface area (Å²) in [6.45, 7) is 3.48. The van der Waals surface area contributed by atoms with Gasteiger partial charge in [-0.2, -0.15) is 4.72 Å². The standard InChI is InChI=1S/C27H31N3O4S/c1-3-18(2)26(30-35(33,34)25-14-8-10-19-9-4-5-12-23(19)25)27(32)29-21(17-31)15-20-16-28-24-13-7-6-11-22(20)24/h4-14,16,18,21,26,28,30-31H,3,15,17H2,1-2H3,(H,29,32)/t18-,21-,26-/m0/s1. The number of rotatable bonds is 10. The fourth-order valence-corrected chi connectivity index (χ4v) is 5.88. The Balaban J connectivity index is 1.56. The average molecular weight is 494 g/mol. The number of aliphatic hydroxyl groups is 1. The molecular formula is C27H31N3O4S. The zero-order valence-corrected chi connectivity index (χ0v) is 20.7. The predicted molar refractivity (Wildman–Crippen MR) is 139 cm³/mol. The Labute approximate surface area is 205 Å². The number of para-hydroxylation sites is 1. The molecule has 0 saturated heterocycles. The van der Waals surface area contributed by atoms with Crippen LogP contribution in [0, 0.1) is 5.92 Å². The Morgan fingerprint density at radius 1 is 1.00 bits per heavy atom. The van der Waals surface area contributed by atoms with Crippen LogP contribution in [-0.2, 0) is 21.2 Å². The number of hydrogen-bond acceptors (Lipinski definition) is 4. The lowest BCUT2D eigenvalue weighted by atomic mass is 9.98. The van der Waals surface area contributed by atoms with Gasteiger partial charge in [0.15, 0.2) is 0 Å². The normalized spacial score (nSPS) is 14.6. The molecule has 1 heterocycles. The van der Waals surface area contributed by atoms with E-state index < -0.39 is 28.0 Å². The van der Waals surface area contributed by atoms with Crippen LogP contribution in [0.15, 0.2) is 77.8 Å². The largest absolute Gasteiger partial charge is 0.394 e. The monoisotopic (exact) mass is 493 g/mol. The fraction of sp³-hybridized carbons (Fsp3) is 0.296. The lowest BCUT2D eigenvalue weighted by Gasteiger charge is -2.26. The molecule has 0 fully saturated rings. The molecule has 1 aromatic heterocycles. The van der Waals surface area contributed by atoms with E-state index in [-0.39, 0.29) is 17.4 Å². The van der Waals surface area contributed by atoms with E-state index in [1.54, 1.807) is 24.3 Å². The zero-order valence-electron chi connectivity index (χ0n) is 19.9. The molecule has 0 bridgehead atoms. The van der Waals surface area contributed by atoms with Crippen LogP contribution in [-0.4, -0.2) is 43.1 Å². The smallest absolute Gasteiger partial charge is 0.241 e. The minimum absolute atomic E-state index is 0.134. The first-order valence-corrected chi connectivity index (χ1v) is 13.3. The van der Waals surface area contributed by atoms with E-state index in [1.165, 1.54) is 0 Å². The topological polar surface area (TPSA) is 111 Å². The maximum absolute atomic E-state index is 13.4. The van der Waals surface area contributed by atoms with E-state index in [9.17, 15) is 18.3 Å². The summed E-state index contributed by atoms with van der Waals surface area (Å²) < 4.78 is 29.4. The molecule has 7 nitrogen and oxygen atoms in total. The number of aliphatic hydroxyl groups excluding tert-OH is 1. The summed E-state index contributed by atoms with van der Waals surface area (Å²) >= 11 is 0. The second-order valence-corrected chi connectivity index (χ2v) is 10.6. The molecule has 184 valence electrons. The molecule has 0 aliphatic carbocycles. The van der Waals surface area contributed by atoms with Gasteiger partial charge in [0.05, 0.1) is 17.5 Å². The molecule has 8 heteroatoms. The number of amides is 1. The molecule has 0 radical (unpaired) electrons. The van der Waals surface area contributed by atoms with Gasteiger partial charge in [0, 0.05) is 22.5 Å². The zero-order chi connectivity index (χ0) is 25.0. The number of hydrogen-bond donors (Lipinski definition) is 4. The van der Waals surface area contributed by atoms with E-state index in [0.717, 1.165) is 21.9 Å². The van der Waals surface area contributed by atoms with Crippen molar-refractivity contribution in [3.05, 3.63) is 78.5 Å². The van der Waals surface area contributed by atoms with E-state index in [1.807, 2.05) is 62.5 Å². The fourth-order valence-electron chi connectivity index (χ4n) is 4.34. The molecule has 0 spiro atoms. The minimum Gasteiger partial charge on any atom is -0.394 e. The molecule has 0 saturated carbocycles. The lowest BCUT2D eigenvalue weighted by molar-refractivity contribution is -0.124. The van der Waals surface area contributed by atoms with Crippen molar-refractivity contribution in [1.82, 2.24) is 15.0 Å². The molecule has 3 atom stereocenters. The SMILES string of the molecule is CC[C@H](C)[C@H](NS(=O)(=O)c1cccc2ccccc12)C(=O)N[C@H](CO)Cc1c[nH]c2ccccc12. The van der Waals surface area contributed by atoms with Gasteiger partial charge in [-0.05, 0) is 35.4 Å².